The first kappa shape index (κ1) is 14.8. The maximum Gasteiger partial charge on any atom is 0.349 e. The third kappa shape index (κ3) is 3.28. The number of hydrogen-bond acceptors (Lipinski definition) is 4. The quantitative estimate of drug-likeness (QED) is 0.823. The number of rotatable bonds is 4. The van der Waals surface area contributed by atoms with E-state index in [2.05, 4.69) is 10.6 Å². The van der Waals surface area contributed by atoms with E-state index in [0.29, 0.717) is 17.5 Å². The Morgan fingerprint density at radius 3 is 2.71 bits per heavy atom. The van der Waals surface area contributed by atoms with E-state index < -0.39 is 17.6 Å². The normalized spacial score (nSPS) is 11.9. The molecule has 0 aliphatic rings. The van der Waals surface area contributed by atoms with Gasteiger partial charge in [0.2, 0.25) is 5.91 Å². The number of amides is 2. The van der Waals surface area contributed by atoms with Gasteiger partial charge in [-0.25, -0.2) is 4.79 Å². The minimum atomic E-state index is -0.733. The van der Waals surface area contributed by atoms with Crippen LogP contribution in [-0.2, 0) is 4.79 Å². The number of carbonyl (C=O) groups is 2. The molecule has 21 heavy (non-hydrogen) atoms. The van der Waals surface area contributed by atoms with Crippen molar-refractivity contribution in [2.24, 2.45) is 0 Å². The molecule has 0 saturated heterocycles. The number of benzene rings is 1. The second-order valence-electron chi connectivity index (χ2n) is 4.58. The molecule has 0 radical (unpaired) electrons. The molecule has 0 aliphatic carbocycles. The van der Waals surface area contributed by atoms with Gasteiger partial charge >= 0.3 is 5.63 Å². The van der Waals surface area contributed by atoms with E-state index in [0.717, 1.165) is 0 Å². The van der Waals surface area contributed by atoms with Crippen LogP contribution in [0.25, 0.3) is 11.0 Å². The monoisotopic (exact) mass is 288 g/mol. The van der Waals surface area contributed by atoms with Gasteiger partial charge in [0.1, 0.15) is 17.2 Å². The summed E-state index contributed by atoms with van der Waals surface area (Å²) in [6.45, 7) is 3.80. The van der Waals surface area contributed by atoms with Crippen LogP contribution in [0.5, 0.6) is 0 Å². The summed E-state index contributed by atoms with van der Waals surface area (Å²) >= 11 is 0. The summed E-state index contributed by atoms with van der Waals surface area (Å²) in [6, 6.07) is 7.63. The largest absolute Gasteiger partial charge is 0.422 e. The first-order valence-electron chi connectivity index (χ1n) is 6.64. The van der Waals surface area contributed by atoms with Gasteiger partial charge in [-0.1, -0.05) is 18.2 Å². The molecule has 1 heterocycles. The Labute approximate surface area is 121 Å². The SMILES string of the molecule is CCNC(=O)[C@@H](C)NC(=O)c1cc2ccccc2oc1=O. The summed E-state index contributed by atoms with van der Waals surface area (Å²) in [7, 11) is 0. The summed E-state index contributed by atoms with van der Waals surface area (Å²) in [5.74, 6) is -0.940. The zero-order valence-electron chi connectivity index (χ0n) is 11.8. The Hall–Kier alpha value is -2.63. The number of para-hydroxylation sites is 1. The van der Waals surface area contributed by atoms with E-state index in [1.807, 2.05) is 0 Å². The summed E-state index contributed by atoms with van der Waals surface area (Å²) in [5.41, 5.74) is -0.435. The van der Waals surface area contributed by atoms with Crippen molar-refractivity contribution in [3.05, 3.63) is 46.3 Å². The second kappa shape index (κ2) is 6.21. The van der Waals surface area contributed by atoms with Crippen LogP contribution in [0, 0.1) is 0 Å². The van der Waals surface area contributed by atoms with Gasteiger partial charge in [0.25, 0.3) is 5.91 Å². The van der Waals surface area contributed by atoms with Gasteiger partial charge in [-0.2, -0.15) is 0 Å². The van der Waals surface area contributed by atoms with Crippen LogP contribution in [0.2, 0.25) is 0 Å². The first-order valence-corrected chi connectivity index (χ1v) is 6.64. The Bertz CT molecular complexity index is 736. The molecular weight excluding hydrogens is 272 g/mol. The van der Waals surface area contributed by atoms with Crippen molar-refractivity contribution in [1.29, 1.82) is 0 Å². The lowest BCUT2D eigenvalue weighted by molar-refractivity contribution is -0.122. The van der Waals surface area contributed by atoms with Gasteiger partial charge in [-0.05, 0) is 26.0 Å². The molecular formula is C15H16N2O4. The molecule has 110 valence electrons. The summed E-state index contributed by atoms with van der Waals surface area (Å²) in [4.78, 5) is 35.5. The van der Waals surface area contributed by atoms with Crippen molar-refractivity contribution >= 4 is 22.8 Å². The van der Waals surface area contributed by atoms with E-state index in [9.17, 15) is 14.4 Å². The zero-order chi connectivity index (χ0) is 15.4. The van der Waals surface area contributed by atoms with Gasteiger partial charge in [-0.3, -0.25) is 9.59 Å². The molecule has 0 spiro atoms. The zero-order valence-corrected chi connectivity index (χ0v) is 11.8. The summed E-state index contributed by atoms with van der Waals surface area (Å²) in [5, 5.41) is 5.71. The number of hydrogen-bond donors (Lipinski definition) is 2. The highest BCUT2D eigenvalue weighted by Gasteiger charge is 2.19. The Morgan fingerprint density at radius 1 is 1.29 bits per heavy atom. The number of fused-ring (bicyclic) bond motifs is 1. The lowest BCUT2D eigenvalue weighted by Crippen LogP contribution is -2.45. The molecule has 2 N–H and O–H groups in total. The fourth-order valence-corrected chi connectivity index (χ4v) is 1.89. The topological polar surface area (TPSA) is 88.4 Å². The molecule has 2 amide bonds. The second-order valence-corrected chi connectivity index (χ2v) is 4.58. The molecule has 0 saturated carbocycles. The smallest absolute Gasteiger partial charge is 0.349 e. The van der Waals surface area contributed by atoms with Crippen LogP contribution in [0.3, 0.4) is 0 Å². The predicted octanol–water partition coefficient (Wildman–Crippen LogP) is 1.05. The van der Waals surface area contributed by atoms with Gasteiger partial charge in [-0.15, -0.1) is 0 Å². The Morgan fingerprint density at radius 2 is 2.00 bits per heavy atom. The van der Waals surface area contributed by atoms with E-state index in [1.54, 1.807) is 38.1 Å². The summed E-state index contributed by atoms with van der Waals surface area (Å²) in [6.07, 6.45) is 0. The van der Waals surface area contributed by atoms with Crippen molar-refractivity contribution in [3.8, 4) is 0 Å². The van der Waals surface area contributed by atoms with Crippen LogP contribution in [0.1, 0.15) is 24.2 Å². The van der Waals surface area contributed by atoms with Crippen LogP contribution in [-0.4, -0.2) is 24.4 Å². The van der Waals surface area contributed by atoms with Crippen LogP contribution in [0.4, 0.5) is 0 Å². The summed E-state index contributed by atoms with van der Waals surface area (Å²) < 4.78 is 5.09. The molecule has 2 aromatic rings. The lowest BCUT2D eigenvalue weighted by Gasteiger charge is -2.12. The number of carbonyl (C=O) groups excluding carboxylic acids is 2. The molecule has 0 aliphatic heterocycles. The fraction of sp³-hybridized carbons (Fsp3) is 0.267. The molecule has 0 bridgehead atoms. The maximum absolute atomic E-state index is 12.1. The van der Waals surface area contributed by atoms with Gasteiger partial charge in [0, 0.05) is 11.9 Å². The number of nitrogens with one attached hydrogen (secondary N) is 2. The fourth-order valence-electron chi connectivity index (χ4n) is 1.89. The molecule has 0 unspecified atom stereocenters. The predicted molar refractivity (Wildman–Crippen MR) is 78.1 cm³/mol. The van der Waals surface area contributed by atoms with Crippen LogP contribution < -0.4 is 16.3 Å². The number of likely N-dealkylation sites (N-methyl/N-ethyl adjacent to an activating group) is 1. The van der Waals surface area contributed by atoms with Crippen LogP contribution >= 0.6 is 0 Å². The molecule has 1 aromatic carbocycles. The first-order chi connectivity index (χ1) is 10.0. The van der Waals surface area contributed by atoms with Crippen molar-refractivity contribution < 1.29 is 14.0 Å². The van der Waals surface area contributed by atoms with Crippen molar-refractivity contribution in [2.75, 3.05) is 6.54 Å². The van der Waals surface area contributed by atoms with Crippen LogP contribution in [0.15, 0.2) is 39.5 Å². The highest BCUT2D eigenvalue weighted by Crippen LogP contribution is 2.12. The van der Waals surface area contributed by atoms with E-state index >= 15 is 0 Å². The third-order valence-electron chi connectivity index (χ3n) is 2.98. The minimum Gasteiger partial charge on any atom is -0.422 e. The standard InChI is InChI=1S/C15H16N2O4/c1-3-16-13(18)9(2)17-14(19)11-8-10-6-4-5-7-12(10)21-15(11)20/h4-9H,3H2,1-2H3,(H,16,18)(H,17,19)/t9-/m1/s1. The molecule has 1 aromatic heterocycles. The average molecular weight is 288 g/mol. The highest BCUT2D eigenvalue weighted by molar-refractivity contribution is 5.99. The van der Waals surface area contributed by atoms with Gasteiger partial charge in [0.05, 0.1) is 0 Å². The minimum absolute atomic E-state index is 0.121. The van der Waals surface area contributed by atoms with Gasteiger partial charge in [0.15, 0.2) is 0 Å². The Kier molecular flexibility index (Phi) is 4.37. The average Bonchev–Trinajstić information content (AvgIpc) is 2.46. The molecule has 6 heteroatoms. The third-order valence-corrected chi connectivity index (χ3v) is 2.98. The van der Waals surface area contributed by atoms with Crippen molar-refractivity contribution in [3.63, 3.8) is 0 Å². The maximum atomic E-state index is 12.1. The molecule has 1 atom stereocenters. The molecule has 6 nitrogen and oxygen atoms in total. The van der Waals surface area contributed by atoms with Gasteiger partial charge < -0.3 is 15.1 Å². The molecule has 0 fully saturated rings. The van der Waals surface area contributed by atoms with Crippen molar-refractivity contribution in [2.45, 2.75) is 19.9 Å². The lowest BCUT2D eigenvalue weighted by atomic mass is 10.1. The van der Waals surface area contributed by atoms with Crippen molar-refractivity contribution in [1.82, 2.24) is 10.6 Å². The molecule has 2 rings (SSSR count). The highest BCUT2D eigenvalue weighted by atomic mass is 16.4. The Balaban J connectivity index is 2.25. The van der Waals surface area contributed by atoms with E-state index in [4.69, 9.17) is 4.42 Å². The van der Waals surface area contributed by atoms with E-state index in [-0.39, 0.29) is 11.5 Å². The van der Waals surface area contributed by atoms with E-state index in [1.165, 1.54) is 6.07 Å².